The van der Waals surface area contributed by atoms with Crippen LogP contribution in [0.1, 0.15) is 38.8 Å². The first-order chi connectivity index (χ1) is 12.4. The maximum Gasteiger partial charge on any atom is 0.190 e. The van der Waals surface area contributed by atoms with E-state index in [1.54, 1.807) is 0 Å². The predicted octanol–water partition coefficient (Wildman–Crippen LogP) is 2.30. The van der Waals surface area contributed by atoms with E-state index in [0.29, 0.717) is 25.2 Å². The number of quaternary nitrogens is 1. The third-order valence-corrected chi connectivity index (χ3v) is 5.07. The van der Waals surface area contributed by atoms with Crippen molar-refractivity contribution in [2.75, 3.05) is 27.3 Å². The van der Waals surface area contributed by atoms with Gasteiger partial charge in [0, 0.05) is 18.9 Å². The first-order valence-corrected chi connectivity index (χ1v) is 9.59. The molecule has 0 spiro atoms. The number of halogens is 1. The molecule has 2 unspecified atom stereocenters. The van der Waals surface area contributed by atoms with E-state index in [2.05, 4.69) is 65.2 Å². The van der Waals surface area contributed by atoms with Gasteiger partial charge in [0.1, 0.15) is 18.4 Å². The predicted molar refractivity (Wildman–Crippen MR) is 108 cm³/mol. The first kappa shape index (κ1) is 23.5. The molecule has 0 aromatic heterocycles. The van der Waals surface area contributed by atoms with E-state index in [1.165, 1.54) is 5.56 Å². The second-order valence-corrected chi connectivity index (χ2v) is 7.82. The molecule has 0 aliphatic heterocycles. The number of rotatable bonds is 10. The molecular weight excluding hydrogens is 358 g/mol. The van der Waals surface area contributed by atoms with Crippen molar-refractivity contribution in [1.82, 2.24) is 0 Å². The Balaban J connectivity index is 0.00000364. The molecule has 4 heteroatoms. The summed E-state index contributed by atoms with van der Waals surface area (Å²) in [5, 5.41) is 0. The van der Waals surface area contributed by atoms with Crippen molar-refractivity contribution in [2.24, 2.45) is 5.92 Å². The molecular formula is C23H34ClNO2. The van der Waals surface area contributed by atoms with Gasteiger partial charge in [-0.05, 0) is 18.1 Å². The minimum atomic E-state index is 0. The van der Waals surface area contributed by atoms with E-state index in [4.69, 9.17) is 9.47 Å². The van der Waals surface area contributed by atoms with Crippen LogP contribution >= 0.6 is 0 Å². The molecule has 3 nitrogen and oxygen atoms in total. The molecule has 0 aliphatic rings. The molecule has 0 bridgehead atoms. The van der Waals surface area contributed by atoms with Crippen LogP contribution in [-0.2, 0) is 4.74 Å². The fourth-order valence-corrected chi connectivity index (χ4v) is 3.25. The molecule has 0 N–H and O–H groups in total. The van der Waals surface area contributed by atoms with Crippen LogP contribution in [0.4, 0.5) is 0 Å². The molecule has 150 valence electrons. The van der Waals surface area contributed by atoms with Crippen LogP contribution in [0.5, 0.6) is 5.75 Å². The van der Waals surface area contributed by atoms with E-state index in [0.717, 1.165) is 16.7 Å². The Hall–Kier alpha value is -1.55. The summed E-state index contributed by atoms with van der Waals surface area (Å²) in [7, 11) is 4.53. The highest BCUT2D eigenvalue weighted by Crippen LogP contribution is 2.33. The van der Waals surface area contributed by atoms with Gasteiger partial charge in [-0.25, -0.2) is 0 Å². The van der Waals surface area contributed by atoms with Gasteiger partial charge in [-0.2, -0.15) is 0 Å². The van der Waals surface area contributed by atoms with Crippen molar-refractivity contribution in [3.05, 3.63) is 66.2 Å². The summed E-state index contributed by atoms with van der Waals surface area (Å²) in [5.74, 6) is 1.52. The third kappa shape index (κ3) is 7.17. The molecule has 27 heavy (non-hydrogen) atoms. The van der Waals surface area contributed by atoms with Crippen LogP contribution in [0.3, 0.4) is 0 Å². The molecule has 0 radical (unpaired) electrons. The van der Waals surface area contributed by atoms with Crippen molar-refractivity contribution in [3.63, 3.8) is 0 Å². The second-order valence-electron chi connectivity index (χ2n) is 7.82. The zero-order valence-electron chi connectivity index (χ0n) is 17.3. The molecule has 0 saturated heterocycles. The summed E-state index contributed by atoms with van der Waals surface area (Å²) < 4.78 is 12.7. The lowest BCUT2D eigenvalue weighted by Crippen LogP contribution is -3.00. The van der Waals surface area contributed by atoms with Gasteiger partial charge < -0.3 is 21.9 Å². The SMILES string of the molecule is CC(C)CC(c1ccccc1)[N+](C)(C)C(C)OCCOc1ccccc1.[Cl-]. The lowest BCUT2D eigenvalue weighted by Gasteiger charge is -2.43. The monoisotopic (exact) mass is 391 g/mol. The number of nitrogens with zero attached hydrogens (tertiary/aromatic N) is 1. The Bertz CT molecular complexity index is 631. The van der Waals surface area contributed by atoms with Crippen LogP contribution in [0, 0.1) is 5.92 Å². The fraction of sp³-hybridized carbons (Fsp3) is 0.478. The number of hydrogen-bond donors (Lipinski definition) is 0. The third-order valence-electron chi connectivity index (χ3n) is 5.07. The van der Waals surface area contributed by atoms with Gasteiger partial charge in [0.2, 0.25) is 0 Å². The van der Waals surface area contributed by atoms with Gasteiger partial charge in [0.15, 0.2) is 6.23 Å². The normalized spacial score (nSPS) is 13.7. The molecule has 2 atom stereocenters. The summed E-state index contributed by atoms with van der Waals surface area (Å²) in [6.45, 7) is 7.89. The fourth-order valence-electron chi connectivity index (χ4n) is 3.25. The number of benzene rings is 2. The van der Waals surface area contributed by atoms with Gasteiger partial charge in [-0.1, -0.05) is 62.4 Å². The smallest absolute Gasteiger partial charge is 0.190 e. The van der Waals surface area contributed by atoms with Crippen molar-refractivity contribution in [3.8, 4) is 5.75 Å². The van der Waals surface area contributed by atoms with E-state index in [9.17, 15) is 0 Å². The molecule has 0 amide bonds. The Morgan fingerprint density at radius 1 is 0.815 bits per heavy atom. The van der Waals surface area contributed by atoms with Crippen LogP contribution in [0.25, 0.3) is 0 Å². The van der Waals surface area contributed by atoms with E-state index in [-0.39, 0.29) is 18.6 Å². The molecule has 0 heterocycles. The van der Waals surface area contributed by atoms with Crippen LogP contribution in [0.2, 0.25) is 0 Å². The minimum Gasteiger partial charge on any atom is -1.00 e. The summed E-state index contributed by atoms with van der Waals surface area (Å²) in [6, 6.07) is 21.1. The van der Waals surface area contributed by atoms with Crippen molar-refractivity contribution in [1.29, 1.82) is 0 Å². The highest BCUT2D eigenvalue weighted by atomic mass is 35.5. The van der Waals surface area contributed by atoms with Crippen LogP contribution < -0.4 is 17.1 Å². The van der Waals surface area contributed by atoms with Crippen LogP contribution in [0.15, 0.2) is 60.7 Å². The maximum atomic E-state index is 6.16. The van der Waals surface area contributed by atoms with E-state index < -0.39 is 0 Å². The van der Waals surface area contributed by atoms with Gasteiger partial charge in [-0.15, -0.1) is 0 Å². The first-order valence-electron chi connectivity index (χ1n) is 9.59. The van der Waals surface area contributed by atoms with E-state index >= 15 is 0 Å². The van der Waals surface area contributed by atoms with Crippen molar-refractivity contribution >= 4 is 0 Å². The molecule has 0 saturated carbocycles. The Kier molecular flexibility index (Phi) is 9.86. The van der Waals surface area contributed by atoms with Gasteiger partial charge in [-0.3, -0.25) is 4.48 Å². The lowest BCUT2D eigenvalue weighted by atomic mass is 9.94. The largest absolute Gasteiger partial charge is 1.00 e. The second kappa shape index (κ2) is 11.3. The zero-order chi connectivity index (χ0) is 19.0. The van der Waals surface area contributed by atoms with Crippen LogP contribution in [-0.4, -0.2) is 38.0 Å². The molecule has 0 aliphatic carbocycles. The summed E-state index contributed by atoms with van der Waals surface area (Å²) >= 11 is 0. The highest BCUT2D eigenvalue weighted by Gasteiger charge is 2.35. The topological polar surface area (TPSA) is 18.5 Å². The summed E-state index contributed by atoms with van der Waals surface area (Å²) in [4.78, 5) is 0. The number of para-hydroxylation sites is 1. The van der Waals surface area contributed by atoms with Gasteiger partial charge in [0.25, 0.3) is 0 Å². The van der Waals surface area contributed by atoms with Gasteiger partial charge >= 0.3 is 0 Å². The molecule has 0 fully saturated rings. The number of hydrogen-bond acceptors (Lipinski definition) is 2. The summed E-state index contributed by atoms with van der Waals surface area (Å²) in [5.41, 5.74) is 1.38. The highest BCUT2D eigenvalue weighted by molar-refractivity contribution is 5.20. The standard InChI is InChI=1S/C23H34NO2.ClH/c1-19(2)18-23(21-12-8-6-9-13-21)24(4,5)20(3)25-16-17-26-22-14-10-7-11-15-22;/h6-15,19-20,23H,16-18H2,1-5H3;1H/q+1;/p-1. The Morgan fingerprint density at radius 3 is 1.93 bits per heavy atom. The average Bonchev–Trinajstić information content (AvgIpc) is 2.64. The van der Waals surface area contributed by atoms with Crippen molar-refractivity contribution < 1.29 is 26.4 Å². The number of ether oxygens (including phenoxy) is 2. The lowest BCUT2D eigenvalue weighted by molar-refractivity contribution is -0.964. The van der Waals surface area contributed by atoms with Crippen molar-refractivity contribution in [2.45, 2.75) is 39.5 Å². The Morgan fingerprint density at radius 2 is 1.37 bits per heavy atom. The molecule has 2 rings (SSSR count). The van der Waals surface area contributed by atoms with E-state index in [1.807, 2.05) is 30.3 Å². The Labute approximate surface area is 171 Å². The average molecular weight is 392 g/mol. The molecule has 2 aromatic carbocycles. The minimum absolute atomic E-state index is 0. The quantitative estimate of drug-likeness (QED) is 0.351. The van der Waals surface area contributed by atoms with Gasteiger partial charge in [0.05, 0.1) is 20.7 Å². The maximum absolute atomic E-state index is 6.16. The summed E-state index contributed by atoms with van der Waals surface area (Å²) in [6.07, 6.45) is 1.21. The molecule has 2 aromatic rings. The zero-order valence-corrected chi connectivity index (χ0v) is 18.0.